The van der Waals surface area contributed by atoms with Crippen molar-refractivity contribution in [1.82, 2.24) is 8.87 Å². The molecule has 1 amide bonds. The van der Waals surface area contributed by atoms with E-state index in [1.165, 1.54) is 4.31 Å². The molecule has 1 aliphatic rings. The summed E-state index contributed by atoms with van der Waals surface area (Å²) in [6.45, 7) is 4.47. The lowest BCUT2D eigenvalue weighted by molar-refractivity contribution is -0.120. The normalized spacial score (nSPS) is 15.8. The molecule has 0 radical (unpaired) electrons. The topological polar surface area (TPSA) is 88.5 Å². The molecule has 7 nitrogen and oxygen atoms in total. The maximum absolute atomic E-state index is 12.8. The summed E-state index contributed by atoms with van der Waals surface area (Å²) in [4.78, 5) is 25.1. The van der Waals surface area contributed by atoms with Gasteiger partial charge in [0.25, 0.3) is 0 Å². The molecule has 0 bridgehead atoms. The SMILES string of the molecule is CC(C)n1c(=O)sc2cc(NC(=O)C3CCN(S(=O)(=O)Cc4ccc(Cl)c(Cl)c4)CC3)ccc21. The Morgan fingerprint density at radius 3 is 2.47 bits per heavy atom. The van der Waals surface area contributed by atoms with Crippen molar-refractivity contribution in [2.45, 2.75) is 38.5 Å². The van der Waals surface area contributed by atoms with Gasteiger partial charge in [0, 0.05) is 30.7 Å². The van der Waals surface area contributed by atoms with Gasteiger partial charge < -0.3 is 5.32 Å². The van der Waals surface area contributed by atoms with Crippen LogP contribution in [0.5, 0.6) is 0 Å². The van der Waals surface area contributed by atoms with Gasteiger partial charge in [0.05, 0.1) is 26.0 Å². The van der Waals surface area contributed by atoms with Crippen molar-refractivity contribution in [3.63, 3.8) is 0 Å². The third kappa shape index (κ3) is 5.33. The highest BCUT2D eigenvalue weighted by molar-refractivity contribution is 7.88. The molecule has 0 atom stereocenters. The number of piperidine rings is 1. The van der Waals surface area contributed by atoms with Crippen LogP contribution in [0.3, 0.4) is 0 Å². The number of hydrogen-bond acceptors (Lipinski definition) is 5. The van der Waals surface area contributed by atoms with Crippen LogP contribution < -0.4 is 10.2 Å². The molecule has 4 rings (SSSR count). The van der Waals surface area contributed by atoms with Gasteiger partial charge in [-0.25, -0.2) is 12.7 Å². The maximum Gasteiger partial charge on any atom is 0.308 e. The maximum atomic E-state index is 12.8. The lowest BCUT2D eigenvalue weighted by atomic mass is 9.97. The first-order valence-corrected chi connectivity index (χ1v) is 14.1. The monoisotopic (exact) mass is 541 g/mol. The smallest absolute Gasteiger partial charge is 0.308 e. The highest BCUT2D eigenvalue weighted by Crippen LogP contribution is 2.28. The summed E-state index contributed by atoms with van der Waals surface area (Å²) in [5, 5.41) is 3.62. The summed E-state index contributed by atoms with van der Waals surface area (Å²) < 4.78 is 29.7. The van der Waals surface area contributed by atoms with Crippen molar-refractivity contribution >= 4 is 66.4 Å². The molecular formula is C23H25Cl2N3O4S2. The molecule has 11 heteroatoms. The predicted octanol–water partition coefficient (Wildman–Crippen LogP) is 5.13. The molecule has 34 heavy (non-hydrogen) atoms. The summed E-state index contributed by atoms with van der Waals surface area (Å²) in [5.41, 5.74) is 2.05. The van der Waals surface area contributed by atoms with E-state index in [2.05, 4.69) is 5.32 Å². The summed E-state index contributed by atoms with van der Waals surface area (Å²) >= 11 is 13.1. The quantitative estimate of drug-likeness (QED) is 0.468. The van der Waals surface area contributed by atoms with Gasteiger partial charge in [-0.15, -0.1) is 0 Å². The molecular weight excluding hydrogens is 517 g/mol. The van der Waals surface area contributed by atoms with Crippen LogP contribution in [0.15, 0.2) is 41.2 Å². The number of benzene rings is 2. The van der Waals surface area contributed by atoms with Gasteiger partial charge in [-0.05, 0) is 62.6 Å². The van der Waals surface area contributed by atoms with E-state index in [0.29, 0.717) is 34.1 Å². The van der Waals surface area contributed by atoms with Crippen LogP contribution in [-0.2, 0) is 20.6 Å². The Hall–Kier alpha value is -1.91. The number of sulfonamides is 1. The minimum Gasteiger partial charge on any atom is -0.326 e. The molecule has 1 saturated heterocycles. The van der Waals surface area contributed by atoms with Gasteiger partial charge in [-0.2, -0.15) is 0 Å². The molecule has 0 unspecified atom stereocenters. The van der Waals surface area contributed by atoms with Gasteiger partial charge >= 0.3 is 4.87 Å². The number of nitrogens with one attached hydrogen (secondary N) is 1. The van der Waals surface area contributed by atoms with Crippen LogP contribution >= 0.6 is 34.5 Å². The van der Waals surface area contributed by atoms with E-state index in [9.17, 15) is 18.0 Å². The molecule has 1 aromatic heterocycles. The minimum absolute atomic E-state index is 0.0251. The van der Waals surface area contributed by atoms with Crippen LogP contribution in [0.1, 0.15) is 38.3 Å². The first kappa shape index (κ1) is 25.2. The van der Waals surface area contributed by atoms with E-state index in [1.54, 1.807) is 28.8 Å². The Labute approximate surface area is 212 Å². The third-order valence-corrected chi connectivity index (χ3v) is 9.46. The Morgan fingerprint density at radius 1 is 1.12 bits per heavy atom. The summed E-state index contributed by atoms with van der Waals surface area (Å²) in [5.74, 6) is -0.595. The summed E-state index contributed by atoms with van der Waals surface area (Å²) in [7, 11) is -3.54. The first-order chi connectivity index (χ1) is 16.0. The van der Waals surface area contributed by atoms with Crippen molar-refractivity contribution in [2.24, 2.45) is 5.92 Å². The van der Waals surface area contributed by atoms with Crippen LogP contribution in [0, 0.1) is 5.92 Å². The Balaban J connectivity index is 1.37. The van der Waals surface area contributed by atoms with Crippen LogP contribution in [0.2, 0.25) is 10.0 Å². The fourth-order valence-corrected chi connectivity index (χ4v) is 7.10. The van der Waals surface area contributed by atoms with Crippen LogP contribution in [0.4, 0.5) is 5.69 Å². The van der Waals surface area contributed by atoms with Gasteiger partial charge in [0.2, 0.25) is 15.9 Å². The number of fused-ring (bicyclic) bond motifs is 1. The number of carbonyl (C=O) groups is 1. The van der Waals surface area contributed by atoms with Crippen molar-refractivity contribution < 1.29 is 13.2 Å². The molecule has 3 aromatic rings. The molecule has 182 valence electrons. The zero-order chi connectivity index (χ0) is 24.6. The van der Waals surface area contributed by atoms with Gasteiger partial charge in [-0.1, -0.05) is 40.6 Å². The Kier molecular flexibility index (Phi) is 7.40. The van der Waals surface area contributed by atoms with E-state index in [-0.39, 0.29) is 41.6 Å². The zero-order valence-corrected chi connectivity index (χ0v) is 21.9. The molecule has 1 aliphatic heterocycles. The fourth-order valence-electron chi connectivity index (χ4n) is 4.18. The summed E-state index contributed by atoms with van der Waals surface area (Å²) in [6.07, 6.45) is 0.873. The standard InChI is InChI=1S/C23H25Cl2N3O4S2/c1-14(2)28-20-6-4-17(12-21(20)33-23(28)30)26-22(29)16-7-9-27(10-8-16)34(31,32)13-15-3-5-18(24)19(25)11-15/h3-6,11-12,14,16H,7-10,13H2,1-2H3,(H,26,29). The Morgan fingerprint density at radius 2 is 1.82 bits per heavy atom. The van der Waals surface area contributed by atoms with Crippen molar-refractivity contribution in [1.29, 1.82) is 0 Å². The van der Waals surface area contributed by atoms with E-state index >= 15 is 0 Å². The van der Waals surface area contributed by atoms with Crippen LogP contribution in [0.25, 0.3) is 10.2 Å². The average Bonchev–Trinajstić information content (AvgIpc) is 3.11. The molecule has 0 aliphatic carbocycles. The predicted molar refractivity (Wildman–Crippen MR) is 138 cm³/mol. The molecule has 0 spiro atoms. The van der Waals surface area contributed by atoms with Gasteiger partial charge in [0.1, 0.15) is 0 Å². The molecule has 0 saturated carbocycles. The molecule has 1 N–H and O–H groups in total. The number of halogens is 2. The number of rotatable bonds is 6. The second-order valence-corrected chi connectivity index (χ2v) is 12.5. The summed E-state index contributed by atoms with van der Waals surface area (Å²) in [6, 6.07) is 10.3. The number of amides is 1. The average molecular weight is 543 g/mol. The molecule has 2 aromatic carbocycles. The van der Waals surface area contributed by atoms with Crippen LogP contribution in [-0.4, -0.2) is 36.3 Å². The van der Waals surface area contributed by atoms with Gasteiger partial charge in [-0.3, -0.25) is 14.2 Å². The number of hydrogen-bond donors (Lipinski definition) is 1. The number of thiazole rings is 1. The molecule has 2 heterocycles. The van der Waals surface area contributed by atoms with Crippen molar-refractivity contribution in [3.05, 3.63) is 61.7 Å². The minimum atomic E-state index is -3.54. The van der Waals surface area contributed by atoms with Crippen molar-refractivity contribution in [3.8, 4) is 0 Å². The van der Waals surface area contributed by atoms with E-state index in [0.717, 1.165) is 21.6 Å². The Bertz CT molecular complexity index is 1390. The van der Waals surface area contributed by atoms with Crippen molar-refractivity contribution in [2.75, 3.05) is 18.4 Å². The highest BCUT2D eigenvalue weighted by atomic mass is 35.5. The largest absolute Gasteiger partial charge is 0.326 e. The van der Waals surface area contributed by atoms with Gasteiger partial charge in [0.15, 0.2) is 0 Å². The number of carbonyl (C=O) groups excluding carboxylic acids is 1. The molecule has 1 fully saturated rings. The third-order valence-electron chi connectivity index (χ3n) is 5.95. The number of nitrogens with zero attached hydrogens (tertiary/aromatic N) is 2. The lowest BCUT2D eigenvalue weighted by Gasteiger charge is -2.30. The van der Waals surface area contributed by atoms with E-state index in [4.69, 9.17) is 23.2 Å². The zero-order valence-electron chi connectivity index (χ0n) is 18.8. The highest BCUT2D eigenvalue weighted by Gasteiger charge is 2.31. The fraction of sp³-hybridized carbons (Fsp3) is 0.391. The lowest BCUT2D eigenvalue weighted by Crippen LogP contribution is -2.41. The number of aromatic nitrogens is 1. The number of anilines is 1. The first-order valence-electron chi connectivity index (χ1n) is 10.9. The van der Waals surface area contributed by atoms with E-state index in [1.807, 2.05) is 26.0 Å². The second-order valence-electron chi connectivity index (χ2n) is 8.68. The second kappa shape index (κ2) is 9.99. The van der Waals surface area contributed by atoms with E-state index < -0.39 is 10.0 Å².